The second kappa shape index (κ2) is 7.70. The highest BCUT2D eigenvalue weighted by atomic mass is 16.4. The van der Waals surface area contributed by atoms with Gasteiger partial charge in [0.25, 0.3) is 0 Å². The monoisotopic (exact) mass is 356 g/mol. The molecule has 2 aromatic rings. The second-order valence-electron chi connectivity index (χ2n) is 6.72. The molecule has 138 valence electrons. The molecule has 1 atom stereocenters. The maximum Gasteiger partial charge on any atom is 0.338 e. The Kier molecular flexibility index (Phi) is 5.37. The number of hydrogen-bond donors (Lipinski definition) is 1. The summed E-state index contributed by atoms with van der Waals surface area (Å²) in [7, 11) is 0. The number of hydrogen-bond acceptors (Lipinski definition) is 4. The van der Waals surface area contributed by atoms with Gasteiger partial charge in [0.1, 0.15) is 6.04 Å². The van der Waals surface area contributed by atoms with E-state index in [-0.39, 0.29) is 11.5 Å². The third-order valence-corrected chi connectivity index (χ3v) is 4.94. The van der Waals surface area contributed by atoms with Gasteiger partial charge in [0.05, 0.1) is 11.8 Å². The number of aromatic nitrogens is 2. The molecule has 1 aromatic carbocycles. The largest absolute Gasteiger partial charge is 0.478 e. The van der Waals surface area contributed by atoms with Gasteiger partial charge in [-0.25, -0.2) is 4.79 Å². The number of aromatic carboxylic acids is 1. The molecule has 3 rings (SSSR count). The van der Waals surface area contributed by atoms with Crippen molar-refractivity contribution in [1.82, 2.24) is 19.6 Å². The Morgan fingerprint density at radius 3 is 2.50 bits per heavy atom. The highest BCUT2D eigenvalue weighted by molar-refractivity contribution is 5.87. The van der Waals surface area contributed by atoms with Crippen molar-refractivity contribution in [3.63, 3.8) is 0 Å². The van der Waals surface area contributed by atoms with Crippen LogP contribution in [0.4, 0.5) is 0 Å². The van der Waals surface area contributed by atoms with Gasteiger partial charge in [-0.1, -0.05) is 24.3 Å². The molecule has 1 aliphatic heterocycles. The van der Waals surface area contributed by atoms with Gasteiger partial charge in [0.15, 0.2) is 0 Å². The van der Waals surface area contributed by atoms with E-state index in [2.05, 4.69) is 35.1 Å². The molecule has 1 aliphatic rings. The van der Waals surface area contributed by atoms with Crippen molar-refractivity contribution in [2.24, 2.45) is 0 Å². The van der Waals surface area contributed by atoms with Gasteiger partial charge >= 0.3 is 5.97 Å². The number of benzene rings is 1. The van der Waals surface area contributed by atoms with E-state index in [9.17, 15) is 9.59 Å². The molecule has 1 amide bonds. The van der Waals surface area contributed by atoms with Crippen LogP contribution in [0.5, 0.6) is 0 Å². The fraction of sp³-hybridized carbons (Fsp3) is 0.421. The molecule has 7 nitrogen and oxygen atoms in total. The first-order valence-electron chi connectivity index (χ1n) is 8.79. The molecule has 2 heterocycles. The standard InChI is InChI=1S/C19H24N4O3/c1-14-5-3-4-6-16(14)12-21-7-9-22(10-8-21)18(24)15(2)23-13-17(11-20-23)19(25)26/h3-6,11,13,15H,7-10,12H2,1-2H3,(H,25,26). The molecular formula is C19H24N4O3. The minimum Gasteiger partial charge on any atom is -0.478 e. The van der Waals surface area contributed by atoms with Crippen LogP contribution in [0, 0.1) is 6.92 Å². The summed E-state index contributed by atoms with van der Waals surface area (Å²) in [5.74, 6) is -1.07. The molecule has 0 bridgehead atoms. The predicted molar refractivity (Wildman–Crippen MR) is 96.9 cm³/mol. The number of carboxylic acids is 1. The normalized spacial score (nSPS) is 16.5. The van der Waals surface area contributed by atoms with E-state index in [1.54, 1.807) is 6.92 Å². The quantitative estimate of drug-likeness (QED) is 0.884. The first-order chi connectivity index (χ1) is 12.5. The van der Waals surface area contributed by atoms with Gasteiger partial charge in [-0.15, -0.1) is 0 Å². The van der Waals surface area contributed by atoms with Crippen LogP contribution < -0.4 is 0 Å². The lowest BCUT2D eigenvalue weighted by atomic mass is 10.1. The van der Waals surface area contributed by atoms with Crippen molar-refractivity contribution in [2.75, 3.05) is 26.2 Å². The molecule has 1 aromatic heterocycles. The summed E-state index contributed by atoms with van der Waals surface area (Å²) in [4.78, 5) is 27.8. The van der Waals surface area contributed by atoms with Crippen LogP contribution in [0.15, 0.2) is 36.7 Å². The Morgan fingerprint density at radius 2 is 1.88 bits per heavy atom. The van der Waals surface area contributed by atoms with Crippen LogP contribution in [0.1, 0.15) is 34.5 Å². The van der Waals surface area contributed by atoms with Crippen LogP contribution in [0.2, 0.25) is 0 Å². The van der Waals surface area contributed by atoms with Crippen LogP contribution in [0.3, 0.4) is 0 Å². The van der Waals surface area contributed by atoms with Gasteiger partial charge in [-0.3, -0.25) is 14.4 Å². The summed E-state index contributed by atoms with van der Waals surface area (Å²) in [6.45, 7) is 7.75. The Bertz CT molecular complexity index is 794. The first-order valence-corrected chi connectivity index (χ1v) is 8.79. The van der Waals surface area contributed by atoms with E-state index in [4.69, 9.17) is 5.11 Å². The Hall–Kier alpha value is -2.67. The van der Waals surface area contributed by atoms with Crippen LogP contribution >= 0.6 is 0 Å². The van der Waals surface area contributed by atoms with E-state index in [0.29, 0.717) is 13.1 Å². The average Bonchev–Trinajstić information content (AvgIpc) is 3.13. The summed E-state index contributed by atoms with van der Waals surface area (Å²) in [5.41, 5.74) is 2.69. The van der Waals surface area contributed by atoms with Crippen LogP contribution in [-0.2, 0) is 11.3 Å². The third kappa shape index (κ3) is 3.94. The summed E-state index contributed by atoms with van der Waals surface area (Å²) in [6.07, 6.45) is 2.67. The second-order valence-corrected chi connectivity index (χ2v) is 6.72. The molecule has 0 saturated carbocycles. The maximum atomic E-state index is 12.7. The van der Waals surface area contributed by atoms with E-state index < -0.39 is 12.0 Å². The molecule has 1 saturated heterocycles. The molecule has 7 heteroatoms. The lowest BCUT2D eigenvalue weighted by Crippen LogP contribution is -2.50. The Morgan fingerprint density at radius 1 is 1.19 bits per heavy atom. The van der Waals surface area contributed by atoms with E-state index in [1.807, 2.05) is 11.0 Å². The van der Waals surface area contributed by atoms with Crippen LogP contribution in [0.25, 0.3) is 0 Å². The minimum atomic E-state index is -1.04. The zero-order valence-corrected chi connectivity index (χ0v) is 15.1. The van der Waals surface area contributed by atoms with Gasteiger partial charge in [-0.05, 0) is 25.0 Å². The summed E-state index contributed by atoms with van der Waals surface area (Å²) in [6, 6.07) is 7.85. The van der Waals surface area contributed by atoms with Gasteiger partial charge in [0.2, 0.25) is 5.91 Å². The molecule has 1 fully saturated rings. The SMILES string of the molecule is Cc1ccccc1CN1CCN(C(=O)C(C)n2cc(C(=O)O)cn2)CC1. The van der Waals surface area contributed by atoms with Gasteiger partial charge in [0, 0.05) is 38.9 Å². The fourth-order valence-electron chi connectivity index (χ4n) is 3.19. The predicted octanol–water partition coefficient (Wildman–Crippen LogP) is 1.80. The van der Waals surface area contributed by atoms with Crippen molar-refractivity contribution in [3.05, 3.63) is 53.3 Å². The number of amides is 1. The van der Waals surface area contributed by atoms with E-state index in [1.165, 1.54) is 28.2 Å². The number of carbonyl (C=O) groups is 2. The third-order valence-electron chi connectivity index (χ3n) is 4.94. The smallest absolute Gasteiger partial charge is 0.338 e. The number of piperazine rings is 1. The van der Waals surface area contributed by atoms with Crippen molar-refractivity contribution in [3.8, 4) is 0 Å². The van der Waals surface area contributed by atoms with Crippen molar-refractivity contribution in [1.29, 1.82) is 0 Å². The van der Waals surface area contributed by atoms with E-state index >= 15 is 0 Å². The highest BCUT2D eigenvalue weighted by Gasteiger charge is 2.26. The number of rotatable bonds is 5. The summed E-state index contributed by atoms with van der Waals surface area (Å²) < 4.78 is 1.42. The Balaban J connectivity index is 1.56. The topological polar surface area (TPSA) is 78.7 Å². The number of aryl methyl sites for hydroxylation is 1. The molecule has 1 N–H and O–H groups in total. The number of nitrogens with zero attached hydrogens (tertiary/aromatic N) is 4. The highest BCUT2D eigenvalue weighted by Crippen LogP contribution is 2.15. The maximum absolute atomic E-state index is 12.7. The molecule has 0 aliphatic carbocycles. The molecule has 0 radical (unpaired) electrons. The number of carboxylic acid groups (broad SMARTS) is 1. The van der Waals surface area contributed by atoms with Crippen molar-refractivity contribution < 1.29 is 14.7 Å². The zero-order valence-electron chi connectivity index (χ0n) is 15.1. The summed E-state index contributed by atoms with van der Waals surface area (Å²) >= 11 is 0. The van der Waals surface area contributed by atoms with Gasteiger partial charge in [-0.2, -0.15) is 5.10 Å². The minimum absolute atomic E-state index is 0.0272. The lowest BCUT2D eigenvalue weighted by Gasteiger charge is -2.36. The average molecular weight is 356 g/mol. The fourth-order valence-corrected chi connectivity index (χ4v) is 3.19. The zero-order chi connectivity index (χ0) is 18.7. The van der Waals surface area contributed by atoms with E-state index in [0.717, 1.165) is 19.6 Å². The first kappa shape index (κ1) is 18.1. The van der Waals surface area contributed by atoms with Crippen molar-refractivity contribution in [2.45, 2.75) is 26.4 Å². The summed E-state index contributed by atoms with van der Waals surface area (Å²) in [5, 5.41) is 13.0. The Labute approximate surface area is 152 Å². The molecule has 1 unspecified atom stereocenters. The molecule has 0 spiro atoms. The number of carbonyl (C=O) groups excluding carboxylic acids is 1. The van der Waals surface area contributed by atoms with Crippen molar-refractivity contribution >= 4 is 11.9 Å². The molecular weight excluding hydrogens is 332 g/mol. The lowest BCUT2D eigenvalue weighted by molar-refractivity contribution is -0.136. The van der Waals surface area contributed by atoms with Crippen LogP contribution in [-0.4, -0.2) is 62.7 Å². The van der Waals surface area contributed by atoms with Gasteiger partial charge < -0.3 is 10.0 Å². The molecule has 26 heavy (non-hydrogen) atoms.